The zero-order valence-electron chi connectivity index (χ0n) is 16.8. The van der Waals surface area contributed by atoms with E-state index in [1.807, 2.05) is 61.7 Å². The summed E-state index contributed by atoms with van der Waals surface area (Å²) in [7, 11) is 1.63. The molecule has 1 aliphatic heterocycles. The number of aromatic amines is 1. The molecule has 0 aliphatic carbocycles. The number of carboxylic acids is 1. The highest BCUT2D eigenvalue weighted by molar-refractivity contribution is 6.35. The number of methoxy groups -OCH3 is 1. The van der Waals surface area contributed by atoms with E-state index in [9.17, 15) is 9.59 Å². The number of aromatic nitrogens is 1. The average molecular weight is 402 g/mol. The monoisotopic (exact) mass is 402 g/mol. The van der Waals surface area contributed by atoms with Gasteiger partial charge in [0.1, 0.15) is 5.75 Å². The highest BCUT2D eigenvalue weighted by atomic mass is 16.5. The molecule has 0 fully saturated rings. The number of anilines is 1. The summed E-state index contributed by atoms with van der Waals surface area (Å²) in [6, 6.07) is 13.7. The minimum absolute atomic E-state index is 0.0756. The van der Waals surface area contributed by atoms with Gasteiger partial charge in [-0.3, -0.25) is 9.59 Å². The second-order valence-corrected chi connectivity index (χ2v) is 7.25. The van der Waals surface area contributed by atoms with Crippen molar-refractivity contribution < 1.29 is 19.4 Å². The summed E-state index contributed by atoms with van der Waals surface area (Å²) < 4.78 is 5.21. The molecule has 6 heteroatoms. The summed E-state index contributed by atoms with van der Waals surface area (Å²) in [6.45, 7) is 1.93. The van der Waals surface area contributed by atoms with Crippen LogP contribution < -0.4 is 10.1 Å². The van der Waals surface area contributed by atoms with Crippen molar-refractivity contribution in [2.45, 2.75) is 19.8 Å². The minimum atomic E-state index is -0.827. The normalized spacial score (nSPS) is 13.9. The minimum Gasteiger partial charge on any atom is -0.497 e. The second-order valence-electron chi connectivity index (χ2n) is 7.25. The standard InChI is InChI=1S/C24H22N2O4/c1-14-17(6-10-23(27)28)13-25-21(14)12-20-19-9-5-16(11-22(19)26-24(20)29)15-3-7-18(30-2)8-4-15/h3-5,7-9,11-13,25H,6,10H2,1-2H3,(H,26,29)(H,27,28)/b20-12-. The number of nitrogens with one attached hydrogen (secondary N) is 2. The molecule has 4 rings (SSSR count). The van der Waals surface area contributed by atoms with Crippen molar-refractivity contribution in [1.82, 2.24) is 4.98 Å². The lowest BCUT2D eigenvalue weighted by molar-refractivity contribution is -0.137. The molecule has 3 N–H and O–H groups in total. The molecule has 2 aromatic carbocycles. The summed E-state index contributed by atoms with van der Waals surface area (Å²) in [5, 5.41) is 11.8. The smallest absolute Gasteiger partial charge is 0.303 e. The number of carbonyl (C=O) groups is 2. The van der Waals surface area contributed by atoms with Crippen LogP contribution in [0.5, 0.6) is 5.75 Å². The quantitative estimate of drug-likeness (QED) is 0.529. The Bertz CT molecular complexity index is 1160. The first kappa shape index (κ1) is 19.5. The number of H-pyrrole nitrogens is 1. The van der Waals surface area contributed by atoms with Crippen LogP contribution in [0.4, 0.5) is 5.69 Å². The number of aliphatic carboxylic acids is 1. The molecule has 1 amide bonds. The van der Waals surface area contributed by atoms with Crippen LogP contribution in [0.1, 0.15) is 28.8 Å². The number of aryl methyl sites for hydroxylation is 1. The van der Waals surface area contributed by atoms with Gasteiger partial charge in [0.2, 0.25) is 0 Å². The van der Waals surface area contributed by atoms with E-state index < -0.39 is 5.97 Å². The van der Waals surface area contributed by atoms with Crippen molar-refractivity contribution in [2.24, 2.45) is 0 Å². The summed E-state index contributed by atoms with van der Waals surface area (Å²) in [5.74, 6) is -0.187. The molecule has 0 atom stereocenters. The molecular formula is C24H22N2O4. The van der Waals surface area contributed by atoms with Gasteiger partial charge in [0.05, 0.1) is 12.7 Å². The Labute approximate surface area is 174 Å². The maximum atomic E-state index is 12.6. The fourth-order valence-corrected chi connectivity index (χ4v) is 3.65. The number of ether oxygens (including phenoxy) is 1. The van der Waals surface area contributed by atoms with Gasteiger partial charge in [0.25, 0.3) is 5.91 Å². The Morgan fingerprint density at radius 3 is 2.57 bits per heavy atom. The first-order valence-corrected chi connectivity index (χ1v) is 9.67. The summed E-state index contributed by atoms with van der Waals surface area (Å²) >= 11 is 0. The maximum Gasteiger partial charge on any atom is 0.303 e. The van der Waals surface area contributed by atoms with Crippen molar-refractivity contribution in [1.29, 1.82) is 0 Å². The summed E-state index contributed by atoms with van der Waals surface area (Å²) in [4.78, 5) is 26.6. The predicted octanol–water partition coefficient (Wildman–Crippen LogP) is 4.51. The molecule has 0 saturated heterocycles. The Morgan fingerprint density at radius 1 is 1.13 bits per heavy atom. The topological polar surface area (TPSA) is 91.4 Å². The molecule has 0 radical (unpaired) electrons. The Hall–Kier alpha value is -3.80. The van der Waals surface area contributed by atoms with E-state index in [0.29, 0.717) is 12.0 Å². The Balaban J connectivity index is 1.63. The van der Waals surface area contributed by atoms with Crippen LogP contribution in [-0.2, 0) is 16.0 Å². The van der Waals surface area contributed by atoms with Crippen molar-refractivity contribution >= 4 is 29.2 Å². The number of carboxylic acid groups (broad SMARTS) is 1. The lowest BCUT2D eigenvalue weighted by Crippen LogP contribution is -2.03. The number of hydrogen-bond acceptors (Lipinski definition) is 3. The van der Waals surface area contributed by atoms with E-state index in [0.717, 1.165) is 44.9 Å². The third-order valence-corrected chi connectivity index (χ3v) is 5.41. The molecule has 2 heterocycles. The van der Waals surface area contributed by atoms with Gasteiger partial charge < -0.3 is 20.1 Å². The van der Waals surface area contributed by atoms with Gasteiger partial charge in [0, 0.05) is 29.6 Å². The van der Waals surface area contributed by atoms with Gasteiger partial charge >= 0.3 is 5.97 Å². The highest BCUT2D eigenvalue weighted by Crippen LogP contribution is 2.37. The Morgan fingerprint density at radius 2 is 1.87 bits per heavy atom. The fourth-order valence-electron chi connectivity index (χ4n) is 3.65. The van der Waals surface area contributed by atoms with E-state index in [-0.39, 0.29) is 12.3 Å². The molecule has 0 spiro atoms. The maximum absolute atomic E-state index is 12.6. The van der Waals surface area contributed by atoms with Crippen LogP contribution in [0.3, 0.4) is 0 Å². The van der Waals surface area contributed by atoms with Crippen LogP contribution in [0.15, 0.2) is 48.7 Å². The SMILES string of the molecule is COc1ccc(-c2ccc3c(c2)NC(=O)/C3=C\c2[nH]cc(CCC(=O)O)c2C)cc1. The molecule has 30 heavy (non-hydrogen) atoms. The predicted molar refractivity (Wildman–Crippen MR) is 116 cm³/mol. The molecular weight excluding hydrogens is 380 g/mol. The number of hydrogen-bond donors (Lipinski definition) is 3. The highest BCUT2D eigenvalue weighted by Gasteiger charge is 2.25. The molecule has 0 saturated carbocycles. The van der Waals surface area contributed by atoms with Crippen molar-refractivity contribution in [2.75, 3.05) is 12.4 Å². The number of carbonyl (C=O) groups excluding carboxylic acids is 1. The largest absolute Gasteiger partial charge is 0.497 e. The number of fused-ring (bicyclic) bond motifs is 1. The Kier molecular flexibility index (Phi) is 5.14. The van der Waals surface area contributed by atoms with Crippen molar-refractivity contribution in [3.63, 3.8) is 0 Å². The average Bonchev–Trinajstić information content (AvgIpc) is 3.25. The fraction of sp³-hybridized carbons (Fsp3) is 0.167. The first-order chi connectivity index (χ1) is 14.5. The third kappa shape index (κ3) is 3.72. The van der Waals surface area contributed by atoms with Crippen LogP contribution in [0.2, 0.25) is 0 Å². The van der Waals surface area contributed by atoms with Crippen LogP contribution in [0, 0.1) is 6.92 Å². The van der Waals surface area contributed by atoms with Crippen LogP contribution in [0.25, 0.3) is 22.8 Å². The van der Waals surface area contributed by atoms with Gasteiger partial charge in [-0.1, -0.05) is 24.3 Å². The lowest BCUT2D eigenvalue weighted by Gasteiger charge is -2.06. The van der Waals surface area contributed by atoms with Crippen LogP contribution >= 0.6 is 0 Å². The van der Waals surface area contributed by atoms with Crippen LogP contribution in [-0.4, -0.2) is 29.1 Å². The van der Waals surface area contributed by atoms with Gasteiger partial charge in [-0.25, -0.2) is 0 Å². The lowest BCUT2D eigenvalue weighted by atomic mass is 9.99. The van der Waals surface area contributed by atoms with Gasteiger partial charge in [0.15, 0.2) is 0 Å². The third-order valence-electron chi connectivity index (χ3n) is 5.41. The molecule has 1 aliphatic rings. The van der Waals surface area contributed by atoms with Crippen molar-refractivity contribution in [3.05, 3.63) is 71.0 Å². The molecule has 0 bridgehead atoms. The van der Waals surface area contributed by atoms with E-state index >= 15 is 0 Å². The van der Waals surface area contributed by atoms with E-state index in [1.165, 1.54) is 0 Å². The zero-order valence-corrected chi connectivity index (χ0v) is 16.8. The first-order valence-electron chi connectivity index (χ1n) is 9.67. The number of amides is 1. The van der Waals surface area contributed by atoms with E-state index in [2.05, 4.69) is 10.3 Å². The molecule has 152 valence electrons. The summed E-state index contributed by atoms with van der Waals surface area (Å²) in [5.41, 5.74) is 6.96. The number of rotatable bonds is 6. The number of benzene rings is 2. The van der Waals surface area contributed by atoms with Gasteiger partial charge in [-0.05, 0) is 59.9 Å². The van der Waals surface area contributed by atoms with E-state index in [4.69, 9.17) is 9.84 Å². The summed E-state index contributed by atoms with van der Waals surface area (Å²) in [6.07, 6.45) is 4.17. The van der Waals surface area contributed by atoms with Crippen molar-refractivity contribution in [3.8, 4) is 16.9 Å². The molecule has 3 aromatic rings. The van der Waals surface area contributed by atoms with Gasteiger partial charge in [-0.15, -0.1) is 0 Å². The molecule has 0 unspecified atom stereocenters. The molecule has 6 nitrogen and oxygen atoms in total. The van der Waals surface area contributed by atoms with E-state index in [1.54, 1.807) is 7.11 Å². The molecule has 1 aromatic heterocycles. The zero-order chi connectivity index (χ0) is 21.3. The van der Waals surface area contributed by atoms with Gasteiger partial charge in [-0.2, -0.15) is 0 Å². The second kappa shape index (κ2) is 7.91.